The normalized spacial score (nSPS) is 9.31. The molecule has 0 aliphatic rings. The van der Waals surface area contributed by atoms with Gasteiger partial charge >= 0.3 is 5.97 Å². The highest BCUT2D eigenvalue weighted by Gasteiger charge is 2.06. The van der Waals surface area contributed by atoms with Gasteiger partial charge in [-0.15, -0.1) is 0 Å². The lowest BCUT2D eigenvalue weighted by molar-refractivity contribution is 0.0600. The van der Waals surface area contributed by atoms with Gasteiger partial charge in [-0.05, 0) is 24.3 Å². The van der Waals surface area contributed by atoms with Crippen molar-refractivity contribution in [1.29, 1.82) is 0 Å². The second-order valence-corrected chi connectivity index (χ2v) is 2.40. The largest absolute Gasteiger partial charge is 0.465 e. The molecule has 0 unspecified atom stereocenters. The van der Waals surface area contributed by atoms with E-state index in [4.69, 9.17) is 5.73 Å². The first kappa shape index (κ1) is 9.25. The van der Waals surface area contributed by atoms with Gasteiger partial charge in [0.15, 0.2) is 0 Å². The van der Waals surface area contributed by atoms with Crippen LogP contribution in [0.25, 0.3) is 0 Å². The average molecular weight is 178 g/mol. The van der Waals surface area contributed by atoms with Crippen LogP contribution < -0.4 is 5.73 Å². The Bertz CT molecular complexity index is 329. The summed E-state index contributed by atoms with van der Waals surface area (Å²) >= 11 is 0. The topological polar surface area (TPSA) is 67.2 Å². The van der Waals surface area contributed by atoms with Crippen molar-refractivity contribution < 1.29 is 14.3 Å². The van der Waals surface area contributed by atoms with Crippen molar-refractivity contribution in [2.45, 2.75) is 0 Å². The molecule has 0 atom stereocenters. The van der Waals surface area contributed by atoms with Crippen molar-refractivity contribution in [2.75, 3.05) is 7.11 Å². The van der Waals surface area contributed by atoms with E-state index in [9.17, 15) is 9.59 Å². The smallest absolute Gasteiger partial charge is 0.337 e. The molecule has 0 fully saturated rings. The molecule has 0 spiro atoms. The van der Waals surface area contributed by atoms with Gasteiger partial charge in [0.25, 0.3) is 5.91 Å². The second-order valence-electron chi connectivity index (χ2n) is 2.40. The predicted molar refractivity (Wildman–Crippen MR) is 45.2 cm³/mol. The SMILES string of the molecule is COC(=O)c1ccc(C([NH])=O)cc1. The molecule has 13 heavy (non-hydrogen) atoms. The number of methoxy groups -OCH3 is 1. The summed E-state index contributed by atoms with van der Waals surface area (Å²) in [6.45, 7) is 0. The highest BCUT2D eigenvalue weighted by Crippen LogP contribution is 2.05. The van der Waals surface area contributed by atoms with Gasteiger partial charge in [-0.1, -0.05) is 0 Å². The molecule has 0 aromatic heterocycles. The highest BCUT2D eigenvalue weighted by molar-refractivity contribution is 5.94. The zero-order valence-electron chi connectivity index (χ0n) is 7.03. The molecule has 1 amide bonds. The average Bonchev–Trinajstić information content (AvgIpc) is 2.17. The number of carbonyl (C=O) groups is 2. The van der Waals surface area contributed by atoms with E-state index in [-0.39, 0.29) is 5.56 Å². The van der Waals surface area contributed by atoms with Gasteiger partial charge < -0.3 is 4.74 Å². The van der Waals surface area contributed by atoms with E-state index >= 15 is 0 Å². The molecule has 0 bridgehead atoms. The summed E-state index contributed by atoms with van der Waals surface area (Å²) in [4.78, 5) is 21.5. The van der Waals surface area contributed by atoms with Gasteiger partial charge in [0.1, 0.15) is 0 Å². The van der Waals surface area contributed by atoms with E-state index in [0.717, 1.165) is 0 Å². The number of hydrogen-bond acceptors (Lipinski definition) is 3. The summed E-state index contributed by atoms with van der Waals surface area (Å²) in [5, 5.41) is 0. The highest BCUT2D eigenvalue weighted by atomic mass is 16.5. The number of esters is 1. The number of nitrogens with one attached hydrogen (secondary N) is 1. The standard InChI is InChI=1S/C9H8NO3/c1-13-9(12)7-4-2-6(3-5-7)8(10)11/h2-5,10H,1H3. The quantitative estimate of drug-likeness (QED) is 0.632. The Labute approximate surface area is 75.3 Å². The van der Waals surface area contributed by atoms with E-state index in [1.165, 1.54) is 31.4 Å². The monoisotopic (exact) mass is 178 g/mol. The Morgan fingerprint density at radius 2 is 1.62 bits per heavy atom. The molecular formula is C9H8NO3. The zero-order chi connectivity index (χ0) is 9.84. The third-order valence-corrected chi connectivity index (χ3v) is 1.57. The van der Waals surface area contributed by atoms with Crippen LogP contribution in [0.2, 0.25) is 0 Å². The van der Waals surface area contributed by atoms with Gasteiger partial charge in [0.05, 0.1) is 12.7 Å². The molecule has 1 rings (SSSR count). The molecule has 4 heteroatoms. The van der Waals surface area contributed by atoms with E-state index in [2.05, 4.69) is 4.74 Å². The molecule has 1 aromatic rings. The molecule has 4 nitrogen and oxygen atoms in total. The Balaban J connectivity index is 2.93. The van der Waals surface area contributed by atoms with Crippen molar-refractivity contribution in [3.8, 4) is 0 Å². The fraction of sp³-hybridized carbons (Fsp3) is 0.111. The van der Waals surface area contributed by atoms with Crippen molar-refractivity contribution in [1.82, 2.24) is 5.73 Å². The number of hydrogen-bond donors (Lipinski definition) is 0. The molecule has 0 saturated carbocycles. The maximum absolute atomic E-state index is 10.9. The van der Waals surface area contributed by atoms with Crippen LogP contribution >= 0.6 is 0 Å². The first-order valence-electron chi connectivity index (χ1n) is 3.59. The van der Waals surface area contributed by atoms with Gasteiger partial charge in [-0.25, -0.2) is 4.79 Å². The lowest BCUT2D eigenvalue weighted by atomic mass is 10.1. The summed E-state index contributed by atoms with van der Waals surface area (Å²) in [5.74, 6) is -1.22. The first-order chi connectivity index (χ1) is 6.15. The van der Waals surface area contributed by atoms with Crippen LogP contribution in [0, 0.1) is 0 Å². The van der Waals surface area contributed by atoms with Crippen LogP contribution in [0.3, 0.4) is 0 Å². The molecule has 0 saturated heterocycles. The van der Waals surface area contributed by atoms with Crippen LogP contribution in [0.1, 0.15) is 20.7 Å². The third-order valence-electron chi connectivity index (χ3n) is 1.57. The lowest BCUT2D eigenvalue weighted by Gasteiger charge is -1.98. The summed E-state index contributed by atoms with van der Waals surface area (Å²) in [6.07, 6.45) is 0. The second kappa shape index (κ2) is 3.71. The number of benzene rings is 1. The minimum absolute atomic E-state index is 0.257. The van der Waals surface area contributed by atoms with Crippen LogP contribution in [-0.2, 0) is 4.74 Å². The molecule has 1 radical (unpaired) electrons. The van der Waals surface area contributed by atoms with Crippen molar-refractivity contribution in [3.63, 3.8) is 0 Å². The Morgan fingerprint density at radius 1 is 1.15 bits per heavy atom. The van der Waals surface area contributed by atoms with E-state index in [1.54, 1.807) is 0 Å². The van der Waals surface area contributed by atoms with E-state index in [0.29, 0.717) is 5.56 Å². The molecule has 1 N–H and O–H groups in total. The van der Waals surface area contributed by atoms with Gasteiger partial charge in [-0.2, -0.15) is 0 Å². The number of carbonyl (C=O) groups excluding carboxylic acids is 2. The number of ether oxygens (including phenoxy) is 1. The van der Waals surface area contributed by atoms with Crippen LogP contribution in [0.5, 0.6) is 0 Å². The lowest BCUT2D eigenvalue weighted by Crippen LogP contribution is -2.03. The maximum atomic E-state index is 10.9. The molecule has 0 aliphatic carbocycles. The number of amides is 1. The predicted octanol–water partition coefficient (Wildman–Crippen LogP) is 0.896. The summed E-state index contributed by atoms with van der Waals surface area (Å²) in [7, 11) is 1.28. The van der Waals surface area contributed by atoms with Crippen LogP contribution in [0.15, 0.2) is 24.3 Å². The fourth-order valence-electron chi connectivity index (χ4n) is 0.876. The summed E-state index contributed by atoms with van der Waals surface area (Å²) < 4.78 is 4.47. The third kappa shape index (κ3) is 2.05. The van der Waals surface area contributed by atoms with Crippen molar-refractivity contribution >= 4 is 11.9 Å². The summed E-state index contributed by atoms with van der Waals surface area (Å²) in [5.41, 5.74) is 7.41. The Morgan fingerprint density at radius 3 is 2.00 bits per heavy atom. The first-order valence-corrected chi connectivity index (χ1v) is 3.59. The molecule has 1 aromatic carbocycles. The van der Waals surface area contributed by atoms with Gasteiger partial charge in [0, 0.05) is 5.56 Å². The maximum Gasteiger partial charge on any atom is 0.337 e. The minimum atomic E-state index is -0.767. The van der Waals surface area contributed by atoms with E-state index < -0.39 is 11.9 Å². The Hall–Kier alpha value is -1.84. The van der Waals surface area contributed by atoms with Crippen LogP contribution in [0.4, 0.5) is 0 Å². The molecular weight excluding hydrogens is 170 g/mol. The van der Waals surface area contributed by atoms with Crippen LogP contribution in [-0.4, -0.2) is 19.0 Å². The number of rotatable bonds is 2. The fourth-order valence-corrected chi connectivity index (χ4v) is 0.876. The molecule has 0 heterocycles. The Kier molecular flexibility index (Phi) is 2.64. The van der Waals surface area contributed by atoms with Crippen molar-refractivity contribution in [3.05, 3.63) is 35.4 Å². The zero-order valence-corrected chi connectivity index (χ0v) is 7.03. The minimum Gasteiger partial charge on any atom is -0.465 e. The molecule has 67 valence electrons. The van der Waals surface area contributed by atoms with Crippen molar-refractivity contribution in [2.24, 2.45) is 0 Å². The van der Waals surface area contributed by atoms with Gasteiger partial charge in [-0.3, -0.25) is 10.5 Å². The van der Waals surface area contributed by atoms with Gasteiger partial charge in [0.2, 0.25) is 0 Å². The molecule has 0 aliphatic heterocycles. The summed E-state index contributed by atoms with van der Waals surface area (Å²) in [6, 6.07) is 5.74. The van der Waals surface area contributed by atoms with E-state index in [1.807, 2.05) is 0 Å².